The Morgan fingerprint density at radius 3 is 2.48 bits per heavy atom. The lowest BCUT2D eigenvalue weighted by Gasteiger charge is -2.22. The minimum atomic E-state index is -0.0349. The van der Waals surface area contributed by atoms with Crippen molar-refractivity contribution in [2.75, 3.05) is 40.5 Å². The van der Waals surface area contributed by atoms with E-state index in [4.69, 9.17) is 9.47 Å². The molecule has 0 fully saturated rings. The predicted octanol–water partition coefficient (Wildman–Crippen LogP) is 1.94. The van der Waals surface area contributed by atoms with E-state index in [9.17, 15) is 4.79 Å². The van der Waals surface area contributed by atoms with Gasteiger partial charge in [-0.1, -0.05) is 6.92 Å². The zero-order valence-electron chi connectivity index (χ0n) is 14.3. The van der Waals surface area contributed by atoms with E-state index in [-0.39, 0.29) is 5.91 Å². The maximum Gasteiger partial charge on any atom is 0.272 e. The molecule has 0 saturated heterocycles. The summed E-state index contributed by atoms with van der Waals surface area (Å²) in [6.45, 7) is 6.08. The van der Waals surface area contributed by atoms with Crippen LogP contribution in [0, 0.1) is 6.92 Å². The van der Waals surface area contributed by atoms with Crippen LogP contribution in [0.4, 0.5) is 0 Å². The molecule has 6 heteroatoms. The van der Waals surface area contributed by atoms with Crippen LogP contribution in [0.2, 0.25) is 0 Å². The standard InChI is InChI=1S/C17H25N3O3/c1-5-14-16(20-7-6-13(2)12-15(20)18-14)17(21)19(8-10-22-3)9-11-23-4/h6-7,12H,5,8-11H2,1-4H3. The van der Waals surface area contributed by atoms with E-state index in [2.05, 4.69) is 4.98 Å². The SMILES string of the molecule is CCc1nc2cc(C)ccn2c1C(=O)N(CCOC)CCOC. The van der Waals surface area contributed by atoms with Gasteiger partial charge in [-0.2, -0.15) is 0 Å². The Labute approximate surface area is 137 Å². The van der Waals surface area contributed by atoms with Gasteiger partial charge in [0.2, 0.25) is 0 Å². The smallest absolute Gasteiger partial charge is 0.272 e. The number of carbonyl (C=O) groups is 1. The summed E-state index contributed by atoms with van der Waals surface area (Å²) >= 11 is 0. The van der Waals surface area contributed by atoms with Gasteiger partial charge in [0.15, 0.2) is 0 Å². The van der Waals surface area contributed by atoms with Crippen LogP contribution in [0.3, 0.4) is 0 Å². The predicted molar refractivity (Wildman–Crippen MR) is 89.0 cm³/mol. The van der Waals surface area contributed by atoms with Gasteiger partial charge < -0.3 is 14.4 Å². The van der Waals surface area contributed by atoms with Gasteiger partial charge in [-0.15, -0.1) is 0 Å². The van der Waals surface area contributed by atoms with Crippen LogP contribution in [0.1, 0.15) is 28.7 Å². The number of carbonyl (C=O) groups excluding carboxylic acids is 1. The fourth-order valence-corrected chi connectivity index (χ4v) is 2.54. The van der Waals surface area contributed by atoms with Crippen molar-refractivity contribution in [3.05, 3.63) is 35.3 Å². The Morgan fingerprint density at radius 2 is 1.91 bits per heavy atom. The van der Waals surface area contributed by atoms with E-state index in [1.54, 1.807) is 19.1 Å². The highest BCUT2D eigenvalue weighted by atomic mass is 16.5. The fourth-order valence-electron chi connectivity index (χ4n) is 2.54. The Kier molecular flexibility index (Phi) is 6.12. The van der Waals surface area contributed by atoms with Crippen LogP contribution >= 0.6 is 0 Å². The lowest BCUT2D eigenvalue weighted by Crippen LogP contribution is -2.37. The molecule has 2 heterocycles. The number of amides is 1. The molecule has 0 N–H and O–H groups in total. The number of aromatic nitrogens is 2. The number of imidazole rings is 1. The van der Waals surface area contributed by atoms with Crippen molar-refractivity contribution in [2.24, 2.45) is 0 Å². The number of hydrogen-bond acceptors (Lipinski definition) is 4. The number of ether oxygens (including phenoxy) is 2. The molecule has 23 heavy (non-hydrogen) atoms. The summed E-state index contributed by atoms with van der Waals surface area (Å²) in [4.78, 5) is 19.4. The summed E-state index contributed by atoms with van der Waals surface area (Å²) in [6.07, 6.45) is 2.62. The molecule has 0 aliphatic carbocycles. The number of methoxy groups -OCH3 is 2. The summed E-state index contributed by atoms with van der Waals surface area (Å²) in [7, 11) is 3.26. The van der Waals surface area contributed by atoms with Crippen molar-refractivity contribution >= 4 is 11.6 Å². The van der Waals surface area contributed by atoms with Gasteiger partial charge in [0.1, 0.15) is 11.3 Å². The number of nitrogens with zero attached hydrogens (tertiary/aromatic N) is 3. The third kappa shape index (κ3) is 3.89. The van der Waals surface area contributed by atoms with Crippen LogP contribution < -0.4 is 0 Å². The maximum absolute atomic E-state index is 13.1. The lowest BCUT2D eigenvalue weighted by molar-refractivity contribution is 0.0619. The van der Waals surface area contributed by atoms with Gasteiger partial charge in [0, 0.05) is 33.5 Å². The zero-order chi connectivity index (χ0) is 16.8. The van der Waals surface area contributed by atoms with Gasteiger partial charge in [0.05, 0.1) is 18.9 Å². The Balaban J connectivity index is 2.40. The van der Waals surface area contributed by atoms with E-state index in [1.165, 1.54) is 0 Å². The number of hydrogen-bond donors (Lipinski definition) is 0. The number of pyridine rings is 1. The summed E-state index contributed by atoms with van der Waals surface area (Å²) in [6, 6.07) is 3.98. The van der Waals surface area contributed by atoms with Crippen molar-refractivity contribution in [3.8, 4) is 0 Å². The summed E-state index contributed by atoms with van der Waals surface area (Å²) in [5.74, 6) is -0.0349. The largest absolute Gasteiger partial charge is 0.383 e. The van der Waals surface area contributed by atoms with Crippen molar-refractivity contribution < 1.29 is 14.3 Å². The Morgan fingerprint density at radius 1 is 1.26 bits per heavy atom. The van der Waals surface area contributed by atoms with E-state index in [0.717, 1.165) is 16.9 Å². The van der Waals surface area contributed by atoms with Crippen LogP contribution in [0.25, 0.3) is 5.65 Å². The topological polar surface area (TPSA) is 56.1 Å². The van der Waals surface area contributed by atoms with Crippen molar-refractivity contribution in [2.45, 2.75) is 20.3 Å². The first-order valence-electron chi connectivity index (χ1n) is 7.87. The van der Waals surface area contributed by atoms with Crippen LogP contribution in [-0.2, 0) is 15.9 Å². The molecule has 2 rings (SSSR count). The average Bonchev–Trinajstić information content (AvgIpc) is 2.91. The molecule has 0 aliphatic rings. The zero-order valence-corrected chi connectivity index (χ0v) is 14.3. The second-order valence-corrected chi connectivity index (χ2v) is 5.47. The molecule has 0 aromatic carbocycles. The minimum Gasteiger partial charge on any atom is -0.383 e. The van der Waals surface area contributed by atoms with Crippen LogP contribution in [-0.4, -0.2) is 60.7 Å². The second kappa shape index (κ2) is 8.08. The molecular weight excluding hydrogens is 294 g/mol. The highest BCUT2D eigenvalue weighted by Gasteiger charge is 2.23. The molecule has 126 valence electrons. The Hall–Kier alpha value is -1.92. The monoisotopic (exact) mass is 319 g/mol. The average molecular weight is 319 g/mol. The maximum atomic E-state index is 13.1. The summed E-state index contributed by atoms with van der Waals surface area (Å²) in [5, 5.41) is 0. The number of aryl methyl sites for hydroxylation is 2. The first kappa shape index (κ1) is 17.4. The summed E-state index contributed by atoms with van der Waals surface area (Å²) in [5.41, 5.74) is 3.39. The first-order valence-corrected chi connectivity index (χ1v) is 7.87. The van der Waals surface area contributed by atoms with Crippen molar-refractivity contribution in [1.82, 2.24) is 14.3 Å². The fraction of sp³-hybridized carbons (Fsp3) is 0.529. The molecule has 0 atom stereocenters. The third-order valence-electron chi connectivity index (χ3n) is 3.81. The van der Waals surface area contributed by atoms with Crippen LogP contribution in [0.15, 0.2) is 18.3 Å². The second-order valence-electron chi connectivity index (χ2n) is 5.47. The van der Waals surface area contributed by atoms with Crippen LogP contribution in [0.5, 0.6) is 0 Å². The lowest BCUT2D eigenvalue weighted by atomic mass is 10.2. The number of rotatable bonds is 8. The van der Waals surface area contributed by atoms with Gasteiger partial charge in [0.25, 0.3) is 5.91 Å². The third-order valence-corrected chi connectivity index (χ3v) is 3.81. The van der Waals surface area contributed by atoms with Crippen molar-refractivity contribution in [3.63, 3.8) is 0 Å². The molecule has 0 unspecified atom stereocenters. The summed E-state index contributed by atoms with van der Waals surface area (Å²) < 4.78 is 12.1. The molecular formula is C17H25N3O3. The molecule has 0 saturated carbocycles. The Bertz CT molecular complexity index is 658. The normalized spacial score (nSPS) is 11.1. The molecule has 0 aliphatic heterocycles. The van der Waals surface area contributed by atoms with Gasteiger partial charge in [-0.25, -0.2) is 4.98 Å². The highest BCUT2D eigenvalue weighted by Crippen LogP contribution is 2.17. The van der Waals surface area contributed by atoms with E-state index < -0.39 is 0 Å². The van der Waals surface area contributed by atoms with E-state index in [1.807, 2.05) is 36.6 Å². The van der Waals surface area contributed by atoms with E-state index >= 15 is 0 Å². The minimum absolute atomic E-state index is 0.0349. The molecule has 0 radical (unpaired) electrons. The molecule has 2 aromatic rings. The van der Waals surface area contributed by atoms with Gasteiger partial charge in [-0.3, -0.25) is 9.20 Å². The highest BCUT2D eigenvalue weighted by molar-refractivity contribution is 5.94. The quantitative estimate of drug-likeness (QED) is 0.746. The molecule has 6 nitrogen and oxygen atoms in total. The van der Waals surface area contributed by atoms with E-state index in [0.29, 0.717) is 38.4 Å². The molecule has 2 aromatic heterocycles. The molecule has 1 amide bonds. The van der Waals surface area contributed by atoms with Crippen molar-refractivity contribution in [1.29, 1.82) is 0 Å². The molecule has 0 spiro atoms. The first-order chi connectivity index (χ1) is 11.1. The molecule has 0 bridgehead atoms. The van der Waals surface area contributed by atoms with Gasteiger partial charge in [-0.05, 0) is 31.0 Å². The van der Waals surface area contributed by atoms with Gasteiger partial charge >= 0.3 is 0 Å². The number of fused-ring (bicyclic) bond motifs is 1.